The summed E-state index contributed by atoms with van der Waals surface area (Å²) in [6.45, 7) is -0.734. The Bertz CT molecular complexity index is 342. The van der Waals surface area contributed by atoms with Crippen LogP contribution >= 0.6 is 0 Å². The summed E-state index contributed by atoms with van der Waals surface area (Å²) in [5, 5.41) is 6.60. The second kappa shape index (κ2) is 4.76. The van der Waals surface area contributed by atoms with Crippen LogP contribution in [-0.4, -0.2) is 40.7 Å². The molecule has 0 aliphatic heterocycles. The fraction of sp³-hybridized carbons (Fsp3) is 0.571. The highest BCUT2D eigenvalue weighted by atomic mass is 19.3. The van der Waals surface area contributed by atoms with Crippen molar-refractivity contribution in [2.75, 3.05) is 7.11 Å². The van der Waals surface area contributed by atoms with Crippen molar-refractivity contribution in [2.45, 2.75) is 19.1 Å². The zero-order valence-electron chi connectivity index (χ0n) is 7.73. The lowest BCUT2D eigenvalue weighted by Gasteiger charge is -2.08. The quantitative estimate of drug-likeness (QED) is 0.704. The Morgan fingerprint density at radius 1 is 1.60 bits per heavy atom. The number of esters is 1. The van der Waals surface area contributed by atoms with E-state index in [0.717, 1.165) is 18.0 Å². The molecule has 1 aromatic rings. The van der Waals surface area contributed by atoms with E-state index in [-0.39, 0.29) is 5.69 Å². The normalized spacial score (nSPS) is 12.9. The molecule has 1 rings (SSSR count). The summed E-state index contributed by atoms with van der Waals surface area (Å²) >= 11 is 0. The number of carbonyl (C=O) groups is 1. The minimum atomic E-state index is -3.13. The Balaban J connectivity index is 2.77. The molecule has 0 amide bonds. The third kappa shape index (κ3) is 2.67. The van der Waals surface area contributed by atoms with E-state index in [1.807, 2.05) is 0 Å². The van der Waals surface area contributed by atoms with Crippen molar-refractivity contribution in [1.29, 1.82) is 0 Å². The van der Waals surface area contributed by atoms with Gasteiger partial charge in [-0.15, -0.1) is 5.10 Å². The van der Waals surface area contributed by atoms with Crippen molar-refractivity contribution in [3.63, 3.8) is 0 Å². The van der Waals surface area contributed by atoms with E-state index in [0.29, 0.717) is 0 Å². The van der Waals surface area contributed by atoms with E-state index in [1.165, 1.54) is 0 Å². The maximum atomic E-state index is 12.6. The summed E-state index contributed by atoms with van der Waals surface area (Å²) < 4.78 is 41.5. The van der Waals surface area contributed by atoms with Gasteiger partial charge in [0.05, 0.1) is 19.9 Å². The number of hydrogen-bond donors (Lipinski definition) is 0. The minimum absolute atomic E-state index is 0.166. The van der Waals surface area contributed by atoms with Gasteiger partial charge in [0.2, 0.25) is 0 Å². The first-order chi connectivity index (χ1) is 7.06. The van der Waals surface area contributed by atoms with Gasteiger partial charge in [-0.3, -0.25) is 0 Å². The smallest absolute Gasteiger partial charge is 0.358 e. The Kier molecular flexibility index (Phi) is 3.64. The molecular weight excluding hydrogens is 215 g/mol. The van der Waals surface area contributed by atoms with Crippen LogP contribution in [-0.2, 0) is 11.3 Å². The molecule has 0 aliphatic carbocycles. The van der Waals surface area contributed by atoms with Crippen LogP contribution in [0.5, 0.6) is 0 Å². The molecule has 0 saturated carbocycles. The van der Waals surface area contributed by atoms with Gasteiger partial charge in [0.15, 0.2) is 11.9 Å². The molecule has 1 heterocycles. The van der Waals surface area contributed by atoms with Crippen molar-refractivity contribution in [3.05, 3.63) is 11.9 Å². The first kappa shape index (κ1) is 11.5. The van der Waals surface area contributed by atoms with E-state index in [9.17, 15) is 18.0 Å². The van der Waals surface area contributed by atoms with E-state index >= 15 is 0 Å². The van der Waals surface area contributed by atoms with E-state index in [2.05, 4.69) is 15.0 Å². The van der Waals surface area contributed by atoms with Gasteiger partial charge in [-0.05, 0) is 0 Å². The highest BCUT2D eigenvalue weighted by Crippen LogP contribution is 2.09. The number of aromatic nitrogens is 3. The van der Waals surface area contributed by atoms with Gasteiger partial charge < -0.3 is 4.74 Å². The molecule has 0 aliphatic rings. The molecule has 15 heavy (non-hydrogen) atoms. The van der Waals surface area contributed by atoms with E-state index < -0.39 is 25.1 Å². The van der Waals surface area contributed by atoms with Gasteiger partial charge in [-0.2, -0.15) is 0 Å². The van der Waals surface area contributed by atoms with Crippen LogP contribution in [0.4, 0.5) is 13.2 Å². The van der Waals surface area contributed by atoms with Gasteiger partial charge in [-0.1, -0.05) is 5.21 Å². The molecule has 1 atom stereocenters. The fourth-order valence-electron chi connectivity index (χ4n) is 0.900. The molecule has 1 unspecified atom stereocenters. The first-order valence-electron chi connectivity index (χ1n) is 3.95. The zero-order valence-corrected chi connectivity index (χ0v) is 7.73. The molecule has 1 aromatic heterocycles. The molecule has 0 bridgehead atoms. The number of ether oxygens (including phenoxy) is 1. The second-order valence-electron chi connectivity index (χ2n) is 2.64. The average Bonchev–Trinajstić information content (AvgIpc) is 2.64. The van der Waals surface area contributed by atoms with Crippen molar-refractivity contribution in [1.82, 2.24) is 15.0 Å². The number of carbonyl (C=O) groups excluding carboxylic acids is 1. The van der Waals surface area contributed by atoms with Crippen LogP contribution in [0.2, 0.25) is 0 Å². The number of rotatable bonds is 4. The minimum Gasteiger partial charge on any atom is -0.464 e. The molecule has 8 heteroatoms. The van der Waals surface area contributed by atoms with Gasteiger partial charge in [0, 0.05) is 0 Å². The van der Waals surface area contributed by atoms with Crippen LogP contribution in [0.1, 0.15) is 10.5 Å². The van der Waals surface area contributed by atoms with Gasteiger partial charge >= 0.3 is 5.97 Å². The summed E-state index contributed by atoms with van der Waals surface area (Å²) in [5.41, 5.74) is -0.166. The standard InChI is InChI=1S/C7H8F3N3O2/c1-15-7(14)5-2-11-12-13(5)3-4(8)6(9)10/h2,4,6H,3H2,1H3. The Hall–Kier alpha value is -1.60. The number of hydrogen-bond acceptors (Lipinski definition) is 4. The maximum absolute atomic E-state index is 12.6. The van der Waals surface area contributed by atoms with Crippen molar-refractivity contribution in [2.24, 2.45) is 0 Å². The highest BCUT2D eigenvalue weighted by molar-refractivity contribution is 5.86. The summed E-state index contributed by atoms with van der Waals surface area (Å²) in [6, 6.07) is 0. The average molecular weight is 223 g/mol. The monoisotopic (exact) mass is 223 g/mol. The molecule has 5 nitrogen and oxygen atoms in total. The predicted octanol–water partition coefficient (Wildman–Crippen LogP) is 0.668. The second-order valence-corrected chi connectivity index (χ2v) is 2.64. The summed E-state index contributed by atoms with van der Waals surface area (Å²) in [6.07, 6.45) is -4.50. The summed E-state index contributed by atoms with van der Waals surface area (Å²) in [7, 11) is 1.11. The molecule has 0 N–H and O–H groups in total. The molecule has 0 fully saturated rings. The van der Waals surface area contributed by atoms with Crippen LogP contribution in [0.25, 0.3) is 0 Å². The largest absolute Gasteiger partial charge is 0.464 e. The van der Waals surface area contributed by atoms with E-state index in [1.54, 1.807) is 0 Å². The Labute approximate surface area is 82.8 Å². The SMILES string of the molecule is COC(=O)c1cnnn1CC(F)C(F)F. The number of nitrogens with zero attached hydrogens (tertiary/aromatic N) is 3. The fourth-order valence-corrected chi connectivity index (χ4v) is 0.900. The highest BCUT2D eigenvalue weighted by Gasteiger charge is 2.23. The van der Waals surface area contributed by atoms with Gasteiger partial charge in [0.1, 0.15) is 0 Å². The summed E-state index contributed by atoms with van der Waals surface area (Å²) in [4.78, 5) is 11.0. The molecule has 0 spiro atoms. The van der Waals surface area contributed by atoms with Crippen molar-refractivity contribution in [3.8, 4) is 0 Å². The topological polar surface area (TPSA) is 57.0 Å². The third-order valence-electron chi connectivity index (χ3n) is 1.63. The molecule has 0 radical (unpaired) electrons. The molecular formula is C7H8F3N3O2. The summed E-state index contributed by atoms with van der Waals surface area (Å²) in [5.74, 6) is -0.804. The van der Waals surface area contributed by atoms with Crippen LogP contribution < -0.4 is 0 Å². The Morgan fingerprint density at radius 3 is 2.80 bits per heavy atom. The van der Waals surface area contributed by atoms with Crippen LogP contribution in [0, 0.1) is 0 Å². The van der Waals surface area contributed by atoms with Crippen LogP contribution in [0.15, 0.2) is 6.20 Å². The number of methoxy groups -OCH3 is 1. The Morgan fingerprint density at radius 2 is 2.27 bits per heavy atom. The van der Waals surface area contributed by atoms with Gasteiger partial charge in [0.25, 0.3) is 6.43 Å². The van der Waals surface area contributed by atoms with Crippen LogP contribution in [0.3, 0.4) is 0 Å². The number of alkyl halides is 3. The van der Waals surface area contributed by atoms with Gasteiger partial charge in [-0.25, -0.2) is 22.6 Å². The molecule has 0 saturated heterocycles. The molecule has 84 valence electrons. The van der Waals surface area contributed by atoms with E-state index in [4.69, 9.17) is 0 Å². The van der Waals surface area contributed by atoms with Crippen molar-refractivity contribution >= 4 is 5.97 Å². The zero-order chi connectivity index (χ0) is 11.4. The third-order valence-corrected chi connectivity index (χ3v) is 1.63. The lowest BCUT2D eigenvalue weighted by Crippen LogP contribution is -2.23. The first-order valence-corrected chi connectivity index (χ1v) is 3.95. The van der Waals surface area contributed by atoms with Crippen molar-refractivity contribution < 1.29 is 22.7 Å². The predicted molar refractivity (Wildman–Crippen MR) is 42.3 cm³/mol. The molecule has 0 aromatic carbocycles. The lowest BCUT2D eigenvalue weighted by atomic mass is 10.4. The lowest BCUT2D eigenvalue weighted by molar-refractivity contribution is 0.0362. The number of halogens is 3. The maximum Gasteiger partial charge on any atom is 0.358 e.